The van der Waals surface area contributed by atoms with E-state index < -0.39 is 5.60 Å². The first kappa shape index (κ1) is 13.7. The third-order valence-corrected chi connectivity index (χ3v) is 3.56. The summed E-state index contributed by atoms with van der Waals surface area (Å²) in [6, 6.07) is 0.566. The molecule has 0 bridgehead atoms. The van der Waals surface area contributed by atoms with Crippen molar-refractivity contribution in [3.05, 3.63) is 0 Å². The predicted octanol–water partition coefficient (Wildman–Crippen LogP) is 2.25. The molecular formula is C13H25NO2. The van der Waals surface area contributed by atoms with Gasteiger partial charge in [-0.1, -0.05) is 6.92 Å². The highest BCUT2D eigenvalue weighted by atomic mass is 16.5. The fourth-order valence-electron chi connectivity index (χ4n) is 2.30. The van der Waals surface area contributed by atoms with Crippen LogP contribution in [0.4, 0.5) is 0 Å². The van der Waals surface area contributed by atoms with E-state index in [-0.39, 0.29) is 5.78 Å². The molecule has 1 fully saturated rings. The third-order valence-electron chi connectivity index (χ3n) is 3.56. The molecule has 1 saturated heterocycles. The topological polar surface area (TPSA) is 29.5 Å². The number of hydrogen-bond acceptors (Lipinski definition) is 3. The minimum atomic E-state index is -0.485. The smallest absolute Gasteiger partial charge is 0.161 e. The SMILES string of the molecule is CCCOC1(C(C)=O)CCN(C(C)C)CC1. The van der Waals surface area contributed by atoms with Gasteiger partial charge in [-0.3, -0.25) is 4.79 Å². The molecule has 3 nitrogen and oxygen atoms in total. The summed E-state index contributed by atoms with van der Waals surface area (Å²) in [6.45, 7) is 10.8. The van der Waals surface area contributed by atoms with Gasteiger partial charge in [-0.2, -0.15) is 0 Å². The minimum Gasteiger partial charge on any atom is -0.367 e. The minimum absolute atomic E-state index is 0.198. The van der Waals surface area contributed by atoms with E-state index >= 15 is 0 Å². The number of likely N-dealkylation sites (tertiary alicyclic amines) is 1. The van der Waals surface area contributed by atoms with E-state index in [0.29, 0.717) is 12.6 Å². The first-order chi connectivity index (χ1) is 7.52. The first-order valence-corrected chi connectivity index (χ1v) is 6.41. The number of rotatable bonds is 5. The second-order valence-electron chi connectivity index (χ2n) is 5.03. The zero-order chi connectivity index (χ0) is 12.2. The quantitative estimate of drug-likeness (QED) is 0.721. The Bertz CT molecular complexity index is 230. The maximum absolute atomic E-state index is 11.8. The Kier molecular flexibility index (Phi) is 4.93. The summed E-state index contributed by atoms with van der Waals surface area (Å²) in [4.78, 5) is 14.2. The van der Waals surface area contributed by atoms with Gasteiger partial charge in [-0.25, -0.2) is 0 Å². The monoisotopic (exact) mass is 227 g/mol. The van der Waals surface area contributed by atoms with E-state index in [0.717, 1.165) is 32.4 Å². The Morgan fingerprint density at radius 1 is 1.38 bits per heavy atom. The van der Waals surface area contributed by atoms with Crippen LogP contribution in [0.15, 0.2) is 0 Å². The highest BCUT2D eigenvalue weighted by Crippen LogP contribution is 2.28. The van der Waals surface area contributed by atoms with Crippen molar-refractivity contribution in [1.82, 2.24) is 4.90 Å². The molecule has 0 aromatic rings. The largest absolute Gasteiger partial charge is 0.367 e. The Labute approximate surface area is 99.1 Å². The van der Waals surface area contributed by atoms with Crippen molar-refractivity contribution in [2.45, 2.75) is 58.6 Å². The van der Waals surface area contributed by atoms with Crippen LogP contribution in [0.1, 0.15) is 47.0 Å². The molecule has 1 heterocycles. The molecule has 3 heteroatoms. The van der Waals surface area contributed by atoms with Crippen LogP contribution in [0.25, 0.3) is 0 Å². The number of Topliss-reactive ketones (excluding diaryl/α,β-unsaturated/α-hetero) is 1. The van der Waals surface area contributed by atoms with Crippen molar-refractivity contribution in [1.29, 1.82) is 0 Å². The summed E-state index contributed by atoms with van der Waals surface area (Å²) < 4.78 is 5.83. The van der Waals surface area contributed by atoms with Gasteiger partial charge in [0.15, 0.2) is 5.78 Å². The molecule has 0 N–H and O–H groups in total. The van der Waals surface area contributed by atoms with Crippen molar-refractivity contribution in [2.75, 3.05) is 19.7 Å². The van der Waals surface area contributed by atoms with Crippen LogP contribution in [0.2, 0.25) is 0 Å². The second kappa shape index (κ2) is 5.78. The Morgan fingerprint density at radius 2 is 1.94 bits per heavy atom. The van der Waals surface area contributed by atoms with Crippen LogP contribution in [0.3, 0.4) is 0 Å². The van der Waals surface area contributed by atoms with Crippen molar-refractivity contribution in [3.8, 4) is 0 Å². The van der Waals surface area contributed by atoms with Gasteiger partial charge < -0.3 is 9.64 Å². The molecule has 1 rings (SSSR count). The van der Waals surface area contributed by atoms with E-state index in [1.807, 2.05) is 0 Å². The Morgan fingerprint density at radius 3 is 2.31 bits per heavy atom. The molecule has 0 unspecified atom stereocenters. The van der Waals surface area contributed by atoms with Crippen LogP contribution in [0, 0.1) is 0 Å². The fourth-order valence-corrected chi connectivity index (χ4v) is 2.30. The Balaban J connectivity index is 2.59. The molecule has 1 aliphatic rings. The van der Waals surface area contributed by atoms with Gasteiger partial charge in [-0.05, 0) is 40.0 Å². The number of carbonyl (C=O) groups is 1. The Hall–Kier alpha value is -0.410. The molecule has 1 aliphatic heterocycles. The number of ketones is 1. The van der Waals surface area contributed by atoms with Crippen molar-refractivity contribution in [2.24, 2.45) is 0 Å². The van der Waals surface area contributed by atoms with E-state index in [4.69, 9.17) is 4.74 Å². The van der Waals surface area contributed by atoms with Crippen LogP contribution in [-0.2, 0) is 9.53 Å². The van der Waals surface area contributed by atoms with Gasteiger partial charge in [0.05, 0.1) is 0 Å². The fraction of sp³-hybridized carbons (Fsp3) is 0.923. The van der Waals surface area contributed by atoms with Gasteiger partial charge in [0.2, 0.25) is 0 Å². The van der Waals surface area contributed by atoms with Crippen molar-refractivity contribution >= 4 is 5.78 Å². The molecule has 0 radical (unpaired) electrons. The second-order valence-corrected chi connectivity index (χ2v) is 5.03. The van der Waals surface area contributed by atoms with E-state index in [2.05, 4.69) is 25.7 Å². The van der Waals surface area contributed by atoms with Gasteiger partial charge in [0.1, 0.15) is 5.60 Å². The predicted molar refractivity (Wildman–Crippen MR) is 65.6 cm³/mol. The standard InChI is InChI=1S/C13H25NO2/c1-5-10-16-13(12(4)15)6-8-14(9-7-13)11(2)3/h11H,5-10H2,1-4H3. The molecule has 0 saturated carbocycles. The number of carbonyl (C=O) groups excluding carboxylic acids is 1. The summed E-state index contributed by atoms with van der Waals surface area (Å²) >= 11 is 0. The molecule has 0 amide bonds. The average Bonchev–Trinajstić information content (AvgIpc) is 2.26. The number of hydrogen-bond donors (Lipinski definition) is 0. The maximum atomic E-state index is 11.8. The molecular weight excluding hydrogens is 202 g/mol. The number of ether oxygens (including phenoxy) is 1. The lowest BCUT2D eigenvalue weighted by Gasteiger charge is -2.41. The molecule has 94 valence electrons. The highest BCUT2D eigenvalue weighted by Gasteiger charge is 2.39. The van der Waals surface area contributed by atoms with Gasteiger partial charge in [0.25, 0.3) is 0 Å². The molecule has 0 spiro atoms. The van der Waals surface area contributed by atoms with Gasteiger partial charge >= 0.3 is 0 Å². The van der Waals surface area contributed by atoms with Crippen molar-refractivity contribution in [3.63, 3.8) is 0 Å². The van der Waals surface area contributed by atoms with Gasteiger partial charge in [0, 0.05) is 25.7 Å². The molecule has 0 aromatic carbocycles. The van der Waals surface area contributed by atoms with Crippen LogP contribution < -0.4 is 0 Å². The zero-order valence-corrected chi connectivity index (χ0v) is 11.1. The number of piperidine rings is 1. The summed E-state index contributed by atoms with van der Waals surface area (Å²) in [6.07, 6.45) is 2.67. The number of nitrogens with zero attached hydrogens (tertiary/aromatic N) is 1. The van der Waals surface area contributed by atoms with Gasteiger partial charge in [-0.15, -0.1) is 0 Å². The van der Waals surface area contributed by atoms with Crippen LogP contribution >= 0.6 is 0 Å². The first-order valence-electron chi connectivity index (χ1n) is 6.41. The molecule has 0 aromatic heterocycles. The van der Waals surface area contributed by atoms with Crippen molar-refractivity contribution < 1.29 is 9.53 Å². The van der Waals surface area contributed by atoms with Crippen LogP contribution in [0.5, 0.6) is 0 Å². The lowest BCUT2D eigenvalue weighted by atomic mass is 9.87. The van der Waals surface area contributed by atoms with E-state index in [1.54, 1.807) is 6.92 Å². The highest BCUT2D eigenvalue weighted by molar-refractivity contribution is 5.85. The molecule has 16 heavy (non-hydrogen) atoms. The zero-order valence-electron chi connectivity index (χ0n) is 11.1. The molecule has 0 aliphatic carbocycles. The third kappa shape index (κ3) is 3.05. The summed E-state index contributed by atoms with van der Waals surface area (Å²) in [5, 5.41) is 0. The van der Waals surface area contributed by atoms with Crippen LogP contribution in [-0.4, -0.2) is 42.0 Å². The van der Waals surface area contributed by atoms with E-state index in [1.165, 1.54) is 0 Å². The average molecular weight is 227 g/mol. The van der Waals surface area contributed by atoms with E-state index in [9.17, 15) is 4.79 Å². The lowest BCUT2D eigenvalue weighted by Crippen LogP contribution is -2.52. The normalized spacial score (nSPS) is 21.3. The summed E-state index contributed by atoms with van der Waals surface area (Å²) in [7, 11) is 0. The lowest BCUT2D eigenvalue weighted by molar-refractivity contribution is -0.150. The molecule has 0 atom stereocenters. The summed E-state index contributed by atoms with van der Waals surface area (Å²) in [5.74, 6) is 0.198. The summed E-state index contributed by atoms with van der Waals surface area (Å²) in [5.41, 5.74) is -0.485. The maximum Gasteiger partial charge on any atom is 0.161 e.